The summed E-state index contributed by atoms with van der Waals surface area (Å²) in [7, 11) is 0. The number of phenolic OH excluding ortho intramolecular Hbond substituents is 1. The third-order valence-electron chi connectivity index (χ3n) is 2.49. The van der Waals surface area contributed by atoms with E-state index in [9.17, 15) is 14.7 Å². The predicted molar refractivity (Wildman–Crippen MR) is 68.5 cm³/mol. The van der Waals surface area contributed by atoms with Crippen molar-refractivity contribution in [3.8, 4) is 5.75 Å². The number of fused-ring (bicyclic) bond motifs is 1. The average Bonchev–Trinajstić information content (AvgIpc) is 2.72. The number of phenols is 1. The van der Waals surface area contributed by atoms with E-state index in [4.69, 9.17) is 4.74 Å². The van der Waals surface area contributed by atoms with Gasteiger partial charge in [-0.25, -0.2) is 0 Å². The Balaban J connectivity index is 2.61. The summed E-state index contributed by atoms with van der Waals surface area (Å²) in [6, 6.07) is 4.93. The zero-order valence-corrected chi connectivity index (χ0v) is 11.7. The molecule has 2 rings (SSSR count). The standard InChI is InChI=1S/C13H12O4Se/c1-3-17-13(16)10-6-8-4-5-9(15)11(7(2)14)12(8)18-10/h4-6,15H,3H2,1-2H3. The molecule has 0 radical (unpaired) electrons. The Hall–Kier alpha value is -1.58. The zero-order valence-electron chi connectivity index (χ0n) is 10.0. The molecule has 0 bridgehead atoms. The Morgan fingerprint density at radius 2 is 2.11 bits per heavy atom. The molecule has 0 spiro atoms. The summed E-state index contributed by atoms with van der Waals surface area (Å²) in [5, 5.41) is 10.5. The van der Waals surface area contributed by atoms with Crippen molar-refractivity contribution in [3.05, 3.63) is 28.2 Å². The summed E-state index contributed by atoms with van der Waals surface area (Å²) < 4.78 is 6.29. The Kier molecular flexibility index (Phi) is 3.55. The first-order chi connectivity index (χ1) is 8.54. The predicted octanol–water partition coefficient (Wildman–Crippen LogP) is 1.98. The molecule has 0 atom stereocenters. The van der Waals surface area contributed by atoms with E-state index in [1.165, 1.54) is 13.0 Å². The summed E-state index contributed by atoms with van der Waals surface area (Å²) in [6.07, 6.45) is 0. The van der Waals surface area contributed by atoms with Crippen LogP contribution in [-0.2, 0) is 4.74 Å². The number of carbonyl (C=O) groups excluding carboxylic acids is 2. The Morgan fingerprint density at radius 3 is 2.72 bits per heavy atom. The minimum atomic E-state index is -0.345. The van der Waals surface area contributed by atoms with Crippen LogP contribution in [0.1, 0.15) is 33.4 Å². The van der Waals surface area contributed by atoms with Crippen molar-refractivity contribution in [1.29, 1.82) is 0 Å². The number of esters is 1. The fourth-order valence-corrected chi connectivity index (χ4v) is 4.13. The molecule has 1 aromatic heterocycles. The van der Waals surface area contributed by atoms with Gasteiger partial charge in [0.2, 0.25) is 0 Å². The summed E-state index contributed by atoms with van der Waals surface area (Å²) in [5.74, 6) is -0.561. The normalized spacial score (nSPS) is 10.6. The van der Waals surface area contributed by atoms with E-state index < -0.39 is 0 Å². The topological polar surface area (TPSA) is 63.6 Å². The van der Waals surface area contributed by atoms with Crippen LogP contribution in [0, 0.1) is 0 Å². The van der Waals surface area contributed by atoms with Gasteiger partial charge in [0.15, 0.2) is 0 Å². The number of ketones is 1. The molecule has 2 aromatic rings. The number of hydrogen-bond acceptors (Lipinski definition) is 4. The number of hydrogen-bond donors (Lipinski definition) is 1. The Morgan fingerprint density at radius 1 is 1.39 bits per heavy atom. The van der Waals surface area contributed by atoms with Gasteiger partial charge >= 0.3 is 110 Å². The molecule has 0 saturated carbocycles. The first kappa shape index (κ1) is 12.9. The van der Waals surface area contributed by atoms with E-state index in [1.807, 2.05) is 0 Å². The van der Waals surface area contributed by atoms with Gasteiger partial charge in [-0.15, -0.1) is 0 Å². The summed E-state index contributed by atoms with van der Waals surface area (Å²) in [5.41, 5.74) is 0.322. The summed E-state index contributed by atoms with van der Waals surface area (Å²) in [6.45, 7) is 3.49. The molecule has 1 aromatic carbocycles. The van der Waals surface area contributed by atoms with Crippen LogP contribution in [0.25, 0.3) is 9.65 Å². The van der Waals surface area contributed by atoms with Gasteiger partial charge in [-0.2, -0.15) is 0 Å². The quantitative estimate of drug-likeness (QED) is 0.535. The monoisotopic (exact) mass is 312 g/mol. The van der Waals surface area contributed by atoms with Crippen molar-refractivity contribution in [2.45, 2.75) is 13.8 Å². The van der Waals surface area contributed by atoms with Gasteiger partial charge in [0.25, 0.3) is 0 Å². The molecule has 0 fully saturated rings. The van der Waals surface area contributed by atoms with E-state index in [0.717, 1.165) is 9.65 Å². The maximum atomic E-state index is 11.7. The van der Waals surface area contributed by atoms with E-state index in [-0.39, 0.29) is 32.0 Å². The van der Waals surface area contributed by atoms with Crippen molar-refractivity contribution in [1.82, 2.24) is 0 Å². The molecule has 18 heavy (non-hydrogen) atoms. The molecule has 5 heteroatoms. The summed E-state index contributed by atoms with van der Waals surface area (Å²) >= 11 is -0.290. The molecule has 0 aliphatic carbocycles. The van der Waals surface area contributed by atoms with Crippen LogP contribution in [0.2, 0.25) is 0 Å². The average molecular weight is 311 g/mol. The molecular weight excluding hydrogens is 299 g/mol. The summed E-state index contributed by atoms with van der Waals surface area (Å²) in [4.78, 5) is 23.2. The number of rotatable bonds is 3. The van der Waals surface area contributed by atoms with Gasteiger partial charge in [-0.05, 0) is 0 Å². The van der Waals surface area contributed by atoms with Crippen LogP contribution in [-0.4, -0.2) is 38.0 Å². The number of ether oxygens (including phenoxy) is 1. The fourth-order valence-electron chi connectivity index (χ4n) is 1.74. The van der Waals surface area contributed by atoms with Gasteiger partial charge in [0.05, 0.1) is 0 Å². The second kappa shape index (κ2) is 4.96. The van der Waals surface area contributed by atoms with Gasteiger partial charge in [0, 0.05) is 0 Å². The second-order valence-corrected chi connectivity index (χ2v) is 5.97. The SMILES string of the molecule is CCOC(=O)c1cc2ccc(O)c(C(C)=O)c2[se]1. The third-order valence-corrected chi connectivity index (χ3v) is 4.90. The van der Waals surface area contributed by atoms with E-state index in [0.29, 0.717) is 16.6 Å². The van der Waals surface area contributed by atoms with Gasteiger partial charge in [-0.1, -0.05) is 0 Å². The molecule has 0 saturated heterocycles. The molecular formula is C13H12O4Se. The maximum absolute atomic E-state index is 11.7. The van der Waals surface area contributed by atoms with Crippen LogP contribution < -0.4 is 0 Å². The molecule has 94 valence electrons. The Bertz CT molecular complexity index is 627. The molecule has 0 aliphatic rings. The van der Waals surface area contributed by atoms with Gasteiger partial charge in [0.1, 0.15) is 0 Å². The van der Waals surface area contributed by atoms with Crippen LogP contribution >= 0.6 is 0 Å². The van der Waals surface area contributed by atoms with Crippen LogP contribution in [0.3, 0.4) is 0 Å². The van der Waals surface area contributed by atoms with Crippen molar-refractivity contribution in [2.24, 2.45) is 0 Å². The molecule has 0 amide bonds. The zero-order chi connectivity index (χ0) is 13.3. The van der Waals surface area contributed by atoms with E-state index in [2.05, 4.69) is 0 Å². The number of aromatic hydroxyl groups is 1. The van der Waals surface area contributed by atoms with Crippen molar-refractivity contribution in [3.63, 3.8) is 0 Å². The molecule has 0 unspecified atom stereocenters. The van der Waals surface area contributed by atoms with Gasteiger partial charge in [-0.3, -0.25) is 0 Å². The van der Waals surface area contributed by atoms with E-state index >= 15 is 0 Å². The molecule has 0 aliphatic heterocycles. The Labute approximate surface area is 110 Å². The molecule has 1 heterocycles. The number of benzene rings is 1. The number of Topliss-reactive ketones (excluding diaryl/α,β-unsaturated/α-hetero) is 1. The van der Waals surface area contributed by atoms with Crippen molar-refractivity contribution >= 4 is 35.9 Å². The number of carbonyl (C=O) groups is 2. The van der Waals surface area contributed by atoms with Crippen LogP contribution in [0.15, 0.2) is 18.2 Å². The first-order valence-corrected chi connectivity index (χ1v) is 7.19. The minimum absolute atomic E-state index is 0.0263. The van der Waals surface area contributed by atoms with Crippen LogP contribution in [0.4, 0.5) is 0 Å². The molecule has 4 nitrogen and oxygen atoms in total. The van der Waals surface area contributed by atoms with Crippen molar-refractivity contribution in [2.75, 3.05) is 6.61 Å². The first-order valence-electron chi connectivity index (χ1n) is 5.48. The fraction of sp³-hybridized carbons (Fsp3) is 0.231. The third kappa shape index (κ3) is 2.19. The van der Waals surface area contributed by atoms with E-state index in [1.54, 1.807) is 19.1 Å². The van der Waals surface area contributed by atoms with Gasteiger partial charge < -0.3 is 0 Å². The van der Waals surface area contributed by atoms with Crippen molar-refractivity contribution < 1.29 is 19.4 Å². The second-order valence-electron chi connectivity index (χ2n) is 3.77. The molecule has 1 N–H and O–H groups in total. The van der Waals surface area contributed by atoms with Crippen LogP contribution in [0.5, 0.6) is 5.75 Å².